The summed E-state index contributed by atoms with van der Waals surface area (Å²) in [6.45, 7) is 0.904. The molecule has 7 heteroatoms. The summed E-state index contributed by atoms with van der Waals surface area (Å²) in [5.74, 6) is 0. The number of benzene rings is 1. The van der Waals surface area contributed by atoms with Crippen molar-refractivity contribution in [1.29, 1.82) is 0 Å². The van der Waals surface area contributed by atoms with Crippen LogP contribution in [0.1, 0.15) is 12.5 Å². The molecule has 0 saturated carbocycles. The number of amides is 2. The molecule has 2 rings (SSSR count). The van der Waals surface area contributed by atoms with Gasteiger partial charge >= 0.3 is 12.2 Å². The Hall–Kier alpha value is -1.43. The van der Waals surface area contributed by atoms with Crippen molar-refractivity contribution in [1.82, 2.24) is 5.32 Å². The van der Waals surface area contributed by atoms with Crippen LogP contribution < -0.4 is 10.6 Å². The van der Waals surface area contributed by atoms with Crippen LogP contribution in [0.3, 0.4) is 0 Å². The second-order valence-electron chi connectivity index (χ2n) is 3.89. The van der Waals surface area contributed by atoms with Crippen molar-refractivity contribution in [2.24, 2.45) is 0 Å². The average molecular weight is 265 g/mol. The number of carbonyl (C=O) groups excluding carboxylic acids is 1. The topological polar surface area (TPSA) is 41.1 Å². The highest BCUT2D eigenvalue weighted by molar-refractivity contribution is 6.30. The number of halogens is 4. The zero-order valence-electron chi connectivity index (χ0n) is 8.65. The largest absolute Gasteiger partial charge is 0.415 e. The van der Waals surface area contributed by atoms with Gasteiger partial charge in [-0.25, -0.2) is 4.79 Å². The Kier molecular flexibility index (Phi) is 2.50. The normalized spacial score (nSPS) is 23.7. The molecule has 0 unspecified atom stereocenters. The van der Waals surface area contributed by atoms with Gasteiger partial charge in [-0.15, -0.1) is 0 Å². The van der Waals surface area contributed by atoms with Gasteiger partial charge in [0, 0.05) is 16.3 Å². The molecule has 3 nitrogen and oxygen atoms in total. The molecule has 1 heterocycles. The fourth-order valence-electron chi connectivity index (χ4n) is 1.71. The van der Waals surface area contributed by atoms with E-state index in [1.807, 2.05) is 5.32 Å². The summed E-state index contributed by atoms with van der Waals surface area (Å²) in [7, 11) is 0. The molecule has 17 heavy (non-hydrogen) atoms. The Labute approximate surface area is 99.9 Å². The van der Waals surface area contributed by atoms with E-state index in [4.69, 9.17) is 11.6 Å². The van der Waals surface area contributed by atoms with Crippen LogP contribution in [0.5, 0.6) is 0 Å². The fourth-order valence-corrected chi connectivity index (χ4v) is 1.88. The summed E-state index contributed by atoms with van der Waals surface area (Å²) in [5.41, 5.74) is -2.43. The number of rotatable bonds is 0. The minimum atomic E-state index is -4.61. The number of fused-ring (bicyclic) bond motifs is 1. The first kappa shape index (κ1) is 12.0. The smallest absolute Gasteiger partial charge is 0.320 e. The molecule has 0 fully saturated rings. The van der Waals surface area contributed by atoms with Crippen LogP contribution in [0.4, 0.5) is 23.7 Å². The van der Waals surface area contributed by atoms with E-state index in [1.165, 1.54) is 18.2 Å². The maximum atomic E-state index is 13.0. The third-order valence-corrected chi connectivity index (χ3v) is 2.93. The van der Waals surface area contributed by atoms with Crippen LogP contribution in [-0.4, -0.2) is 12.2 Å². The molecule has 2 N–H and O–H groups in total. The summed E-state index contributed by atoms with van der Waals surface area (Å²) >= 11 is 5.68. The van der Waals surface area contributed by atoms with Gasteiger partial charge in [0.1, 0.15) is 0 Å². The predicted molar refractivity (Wildman–Crippen MR) is 57.0 cm³/mol. The van der Waals surface area contributed by atoms with Gasteiger partial charge in [-0.2, -0.15) is 13.2 Å². The number of hydrogen-bond acceptors (Lipinski definition) is 1. The monoisotopic (exact) mass is 264 g/mol. The SMILES string of the molecule is C[C@@]1(C(F)(F)F)NC(=O)Nc2ccc(Cl)cc21. The highest BCUT2D eigenvalue weighted by Gasteiger charge is 2.56. The molecule has 1 aromatic rings. The summed E-state index contributed by atoms with van der Waals surface area (Å²) in [4.78, 5) is 11.2. The van der Waals surface area contributed by atoms with Crippen LogP contribution in [0.2, 0.25) is 5.02 Å². The van der Waals surface area contributed by atoms with Crippen LogP contribution in [-0.2, 0) is 5.54 Å². The molecule has 1 aromatic carbocycles. The predicted octanol–water partition coefficient (Wildman–Crippen LogP) is 3.25. The zero-order valence-corrected chi connectivity index (χ0v) is 9.41. The van der Waals surface area contributed by atoms with Crippen molar-refractivity contribution in [3.05, 3.63) is 28.8 Å². The Morgan fingerprint density at radius 2 is 2.00 bits per heavy atom. The van der Waals surface area contributed by atoms with Crippen LogP contribution >= 0.6 is 11.6 Å². The van der Waals surface area contributed by atoms with E-state index >= 15 is 0 Å². The second kappa shape index (κ2) is 3.53. The summed E-state index contributed by atoms with van der Waals surface area (Å²) < 4.78 is 39.1. The quantitative estimate of drug-likeness (QED) is 0.742. The Bertz CT molecular complexity index is 489. The van der Waals surface area contributed by atoms with E-state index in [-0.39, 0.29) is 16.3 Å². The van der Waals surface area contributed by atoms with Crippen molar-refractivity contribution >= 4 is 23.3 Å². The van der Waals surface area contributed by atoms with E-state index in [1.54, 1.807) is 0 Å². The lowest BCUT2D eigenvalue weighted by Crippen LogP contribution is -2.58. The van der Waals surface area contributed by atoms with Gasteiger partial charge in [0.05, 0.1) is 0 Å². The fraction of sp³-hybridized carbons (Fsp3) is 0.300. The maximum absolute atomic E-state index is 13.0. The first-order valence-electron chi connectivity index (χ1n) is 4.70. The molecular weight excluding hydrogens is 257 g/mol. The van der Waals surface area contributed by atoms with Crippen molar-refractivity contribution < 1.29 is 18.0 Å². The van der Waals surface area contributed by atoms with Gasteiger partial charge < -0.3 is 10.6 Å². The first-order chi connectivity index (χ1) is 7.74. The highest BCUT2D eigenvalue weighted by Crippen LogP contribution is 2.44. The van der Waals surface area contributed by atoms with Crippen molar-refractivity contribution in [2.75, 3.05) is 5.32 Å². The Morgan fingerprint density at radius 1 is 1.35 bits per heavy atom. The lowest BCUT2D eigenvalue weighted by molar-refractivity contribution is -0.191. The minimum absolute atomic E-state index is 0.0999. The van der Waals surface area contributed by atoms with Crippen molar-refractivity contribution in [2.45, 2.75) is 18.6 Å². The number of carbonyl (C=O) groups is 1. The van der Waals surface area contributed by atoms with E-state index in [0.717, 1.165) is 6.92 Å². The first-order valence-corrected chi connectivity index (χ1v) is 5.08. The molecule has 0 spiro atoms. The van der Waals surface area contributed by atoms with Gasteiger partial charge in [0.2, 0.25) is 0 Å². The minimum Gasteiger partial charge on any atom is -0.320 e. The molecule has 92 valence electrons. The second-order valence-corrected chi connectivity index (χ2v) is 4.33. The van der Waals surface area contributed by atoms with Gasteiger partial charge in [-0.1, -0.05) is 11.6 Å². The van der Waals surface area contributed by atoms with Gasteiger partial charge in [0.15, 0.2) is 5.54 Å². The molecule has 0 aromatic heterocycles. The van der Waals surface area contributed by atoms with Gasteiger partial charge in [-0.05, 0) is 25.1 Å². The number of alkyl halides is 3. The van der Waals surface area contributed by atoms with Crippen molar-refractivity contribution in [3.63, 3.8) is 0 Å². The molecule has 0 radical (unpaired) electrons. The Balaban J connectivity index is 2.65. The average Bonchev–Trinajstić information content (AvgIpc) is 2.17. The molecule has 0 saturated heterocycles. The lowest BCUT2D eigenvalue weighted by Gasteiger charge is -2.38. The van der Waals surface area contributed by atoms with Gasteiger partial charge in [-0.3, -0.25) is 0 Å². The number of anilines is 1. The van der Waals surface area contributed by atoms with Crippen LogP contribution in [0.15, 0.2) is 18.2 Å². The van der Waals surface area contributed by atoms with E-state index in [9.17, 15) is 18.0 Å². The molecule has 1 aliphatic rings. The number of urea groups is 1. The Morgan fingerprint density at radius 3 is 2.59 bits per heavy atom. The maximum Gasteiger partial charge on any atom is 0.415 e. The van der Waals surface area contributed by atoms with Crippen LogP contribution in [0.25, 0.3) is 0 Å². The molecular formula is C10H8ClF3N2O. The molecule has 1 aliphatic heterocycles. The summed E-state index contributed by atoms with van der Waals surface area (Å²) in [6.07, 6.45) is -4.61. The third-order valence-electron chi connectivity index (χ3n) is 2.70. The molecule has 0 aliphatic carbocycles. The highest BCUT2D eigenvalue weighted by atomic mass is 35.5. The van der Waals surface area contributed by atoms with E-state index in [0.29, 0.717) is 0 Å². The molecule has 1 atom stereocenters. The molecule has 0 bridgehead atoms. The number of nitrogens with one attached hydrogen (secondary N) is 2. The van der Waals surface area contributed by atoms with E-state index in [2.05, 4.69) is 5.32 Å². The molecule has 2 amide bonds. The summed E-state index contributed by atoms with van der Waals surface area (Å²) in [6, 6.07) is 3.07. The third kappa shape index (κ3) is 1.82. The van der Waals surface area contributed by atoms with Crippen LogP contribution in [0, 0.1) is 0 Å². The standard InChI is InChI=1S/C10H8ClF3N2O/c1-9(10(12,13)14)6-4-5(11)2-3-7(6)15-8(17)16-9/h2-4H,1H3,(H2,15,16,17)/t9-/m1/s1. The van der Waals surface area contributed by atoms with Crippen molar-refractivity contribution in [3.8, 4) is 0 Å². The zero-order chi connectivity index (χ0) is 12.8. The van der Waals surface area contributed by atoms with Gasteiger partial charge in [0.25, 0.3) is 0 Å². The number of hydrogen-bond donors (Lipinski definition) is 2. The lowest BCUT2D eigenvalue weighted by atomic mass is 9.88. The summed E-state index contributed by atoms with van der Waals surface area (Å²) in [5, 5.41) is 4.37. The van der Waals surface area contributed by atoms with E-state index < -0.39 is 17.7 Å².